The zero-order valence-corrected chi connectivity index (χ0v) is 26.0. The van der Waals surface area contributed by atoms with Gasteiger partial charge in [0.05, 0.1) is 11.6 Å². The molecular formula is C34H39F3N4O4. The SMILES string of the molecule is C[C@@H](NC(=O)c1cc(C2CC2)nc(C2CCOCC2)n1)c1ccc(-c2cc(C(F)(F)F)ccc2CNC(=O)OC(C)(C)C)cc1. The Morgan fingerprint density at radius 3 is 2.27 bits per heavy atom. The lowest BCUT2D eigenvalue weighted by Crippen LogP contribution is -2.32. The normalized spacial score (nSPS) is 16.6. The predicted molar refractivity (Wildman–Crippen MR) is 163 cm³/mol. The molecule has 0 bridgehead atoms. The number of ether oxygens (including phenoxy) is 2. The Labute approximate surface area is 261 Å². The fourth-order valence-electron chi connectivity index (χ4n) is 5.29. The molecule has 2 N–H and O–H groups in total. The Bertz CT molecular complexity index is 1530. The van der Waals surface area contributed by atoms with Crippen LogP contribution in [-0.4, -0.2) is 40.8 Å². The number of halogens is 3. The molecule has 1 aliphatic heterocycles. The Kier molecular flexibility index (Phi) is 9.48. The van der Waals surface area contributed by atoms with Gasteiger partial charge < -0.3 is 20.1 Å². The van der Waals surface area contributed by atoms with Crippen LogP contribution >= 0.6 is 0 Å². The number of carbonyl (C=O) groups is 2. The molecule has 1 aromatic heterocycles. The van der Waals surface area contributed by atoms with Gasteiger partial charge in [-0.3, -0.25) is 4.79 Å². The maximum Gasteiger partial charge on any atom is 0.416 e. The number of benzene rings is 2. The second-order valence-electron chi connectivity index (χ2n) is 12.7. The van der Waals surface area contributed by atoms with Crippen molar-refractivity contribution >= 4 is 12.0 Å². The number of nitrogens with one attached hydrogen (secondary N) is 2. The largest absolute Gasteiger partial charge is 0.444 e. The second kappa shape index (κ2) is 13.2. The van der Waals surface area contributed by atoms with E-state index >= 15 is 0 Å². The van der Waals surface area contributed by atoms with Crippen LogP contribution in [0.15, 0.2) is 48.5 Å². The van der Waals surface area contributed by atoms with Gasteiger partial charge in [0.15, 0.2) is 0 Å². The summed E-state index contributed by atoms with van der Waals surface area (Å²) in [4.78, 5) is 35.0. The summed E-state index contributed by atoms with van der Waals surface area (Å²) >= 11 is 0. The van der Waals surface area contributed by atoms with Crippen molar-refractivity contribution in [2.75, 3.05) is 13.2 Å². The summed E-state index contributed by atoms with van der Waals surface area (Å²) in [5.41, 5.74) is 1.88. The summed E-state index contributed by atoms with van der Waals surface area (Å²) in [6.45, 7) is 8.31. The summed E-state index contributed by atoms with van der Waals surface area (Å²) in [5.74, 6) is 0.915. The maximum atomic E-state index is 13.6. The summed E-state index contributed by atoms with van der Waals surface area (Å²) < 4.78 is 51.6. The smallest absolute Gasteiger partial charge is 0.416 e. The molecule has 2 fully saturated rings. The molecule has 2 heterocycles. The fourth-order valence-corrected chi connectivity index (χ4v) is 5.29. The third-order valence-corrected chi connectivity index (χ3v) is 7.91. The van der Waals surface area contributed by atoms with Gasteiger partial charge in [-0.1, -0.05) is 30.3 Å². The van der Waals surface area contributed by atoms with Gasteiger partial charge in [-0.15, -0.1) is 0 Å². The van der Waals surface area contributed by atoms with Crippen LogP contribution < -0.4 is 10.6 Å². The van der Waals surface area contributed by atoms with E-state index in [9.17, 15) is 22.8 Å². The van der Waals surface area contributed by atoms with Gasteiger partial charge in [0.2, 0.25) is 0 Å². The third kappa shape index (κ3) is 8.59. The summed E-state index contributed by atoms with van der Waals surface area (Å²) in [5, 5.41) is 5.64. The predicted octanol–water partition coefficient (Wildman–Crippen LogP) is 7.45. The monoisotopic (exact) mass is 624 g/mol. The van der Waals surface area contributed by atoms with Crippen molar-refractivity contribution in [2.24, 2.45) is 0 Å². The molecule has 1 saturated heterocycles. The minimum absolute atomic E-state index is 0.0196. The van der Waals surface area contributed by atoms with Crippen LogP contribution in [0.1, 0.15) is 110 Å². The molecule has 0 unspecified atom stereocenters. The number of rotatable bonds is 8. The van der Waals surface area contributed by atoms with E-state index in [0.717, 1.165) is 49.1 Å². The molecule has 11 heteroatoms. The van der Waals surface area contributed by atoms with Gasteiger partial charge in [0, 0.05) is 37.3 Å². The zero-order valence-electron chi connectivity index (χ0n) is 26.0. The number of alkyl halides is 3. The van der Waals surface area contributed by atoms with E-state index in [1.807, 2.05) is 6.92 Å². The van der Waals surface area contributed by atoms with Crippen LogP contribution in [0.3, 0.4) is 0 Å². The van der Waals surface area contributed by atoms with E-state index in [-0.39, 0.29) is 18.4 Å². The molecule has 8 nitrogen and oxygen atoms in total. The van der Waals surface area contributed by atoms with Gasteiger partial charge in [-0.05, 0) is 93.8 Å². The number of hydrogen-bond acceptors (Lipinski definition) is 6. The number of hydrogen-bond donors (Lipinski definition) is 2. The highest BCUT2D eigenvalue weighted by Crippen LogP contribution is 2.40. The van der Waals surface area contributed by atoms with Crippen molar-refractivity contribution in [2.45, 2.75) is 89.6 Å². The molecule has 1 atom stereocenters. The molecule has 0 spiro atoms. The highest BCUT2D eigenvalue weighted by atomic mass is 19.4. The van der Waals surface area contributed by atoms with Crippen molar-refractivity contribution in [3.8, 4) is 11.1 Å². The highest BCUT2D eigenvalue weighted by molar-refractivity contribution is 5.92. The zero-order chi connectivity index (χ0) is 32.4. The standard InChI is InChI=1S/C34H39F3N4O4/c1-20(39-31(42)29-18-28(23-9-10-23)40-30(41-29)24-13-15-44-16-14-24)21-5-7-22(8-6-21)27-17-26(34(35,36)37)12-11-25(27)19-38-32(43)45-33(2,3)4/h5-8,11-12,17-18,20,23-24H,9-10,13-16,19H2,1-4H3,(H,38,43)(H,39,42)/t20-/m1/s1. The van der Waals surface area contributed by atoms with Gasteiger partial charge in [0.1, 0.15) is 17.1 Å². The molecule has 240 valence electrons. The van der Waals surface area contributed by atoms with Crippen molar-refractivity contribution in [1.29, 1.82) is 0 Å². The van der Waals surface area contributed by atoms with E-state index in [1.54, 1.807) is 51.1 Å². The first kappa shape index (κ1) is 32.4. The average molecular weight is 625 g/mol. The number of alkyl carbamates (subject to hydrolysis) is 1. The molecule has 2 aliphatic rings. The third-order valence-electron chi connectivity index (χ3n) is 7.91. The number of carbonyl (C=O) groups excluding carboxylic acids is 2. The van der Waals surface area contributed by atoms with Crippen molar-refractivity contribution in [1.82, 2.24) is 20.6 Å². The first-order valence-electron chi connectivity index (χ1n) is 15.3. The molecule has 2 aromatic carbocycles. The fraction of sp³-hybridized carbons (Fsp3) is 0.471. The lowest BCUT2D eigenvalue weighted by atomic mass is 9.95. The Hall–Kier alpha value is -3.99. The first-order valence-corrected chi connectivity index (χ1v) is 15.3. The molecule has 3 aromatic rings. The lowest BCUT2D eigenvalue weighted by Gasteiger charge is -2.22. The Morgan fingerprint density at radius 1 is 0.956 bits per heavy atom. The molecule has 2 amide bonds. The number of aromatic nitrogens is 2. The van der Waals surface area contributed by atoms with Crippen molar-refractivity contribution < 1.29 is 32.2 Å². The molecule has 1 saturated carbocycles. The summed E-state index contributed by atoms with van der Waals surface area (Å²) in [6.07, 6.45) is -1.45. The van der Waals surface area contributed by atoms with Crippen molar-refractivity contribution in [3.05, 3.63) is 82.4 Å². The van der Waals surface area contributed by atoms with E-state index in [1.165, 1.54) is 6.07 Å². The molecule has 1 aliphatic carbocycles. The minimum Gasteiger partial charge on any atom is -0.444 e. The summed E-state index contributed by atoms with van der Waals surface area (Å²) in [7, 11) is 0. The average Bonchev–Trinajstić information content (AvgIpc) is 3.85. The van der Waals surface area contributed by atoms with E-state index in [4.69, 9.17) is 14.5 Å². The summed E-state index contributed by atoms with van der Waals surface area (Å²) in [6, 6.07) is 11.8. The van der Waals surface area contributed by atoms with Crippen LogP contribution in [0.25, 0.3) is 11.1 Å². The van der Waals surface area contributed by atoms with Crippen LogP contribution in [0.5, 0.6) is 0 Å². The van der Waals surface area contributed by atoms with Crippen LogP contribution in [-0.2, 0) is 22.2 Å². The number of amides is 2. The second-order valence-corrected chi connectivity index (χ2v) is 12.7. The van der Waals surface area contributed by atoms with Crippen LogP contribution in [0, 0.1) is 0 Å². The number of nitrogens with zero attached hydrogens (tertiary/aromatic N) is 2. The maximum absolute atomic E-state index is 13.6. The Balaban J connectivity index is 1.33. The molecule has 5 rings (SSSR count). The quantitative estimate of drug-likeness (QED) is 0.270. The van der Waals surface area contributed by atoms with E-state index in [0.29, 0.717) is 47.3 Å². The first-order chi connectivity index (χ1) is 21.3. The van der Waals surface area contributed by atoms with Gasteiger partial charge in [0.25, 0.3) is 5.91 Å². The van der Waals surface area contributed by atoms with Crippen molar-refractivity contribution in [3.63, 3.8) is 0 Å². The van der Waals surface area contributed by atoms with Gasteiger partial charge in [-0.25, -0.2) is 14.8 Å². The lowest BCUT2D eigenvalue weighted by molar-refractivity contribution is -0.137. The van der Waals surface area contributed by atoms with E-state index < -0.39 is 29.5 Å². The van der Waals surface area contributed by atoms with Crippen LogP contribution in [0.4, 0.5) is 18.0 Å². The highest BCUT2D eigenvalue weighted by Gasteiger charge is 2.32. The topological polar surface area (TPSA) is 102 Å². The minimum atomic E-state index is -4.53. The van der Waals surface area contributed by atoms with Crippen LogP contribution in [0.2, 0.25) is 0 Å². The Morgan fingerprint density at radius 2 is 1.64 bits per heavy atom. The van der Waals surface area contributed by atoms with E-state index in [2.05, 4.69) is 15.6 Å². The molecular weight excluding hydrogens is 585 g/mol. The molecule has 0 radical (unpaired) electrons. The molecule has 45 heavy (non-hydrogen) atoms. The van der Waals surface area contributed by atoms with Gasteiger partial charge in [-0.2, -0.15) is 13.2 Å². The van der Waals surface area contributed by atoms with Gasteiger partial charge >= 0.3 is 12.3 Å².